The molecule has 2 N–H and O–H groups in total. The number of furan rings is 1. The fraction of sp³-hybridized carbons (Fsp3) is 0.211. The van der Waals surface area contributed by atoms with Gasteiger partial charge < -0.3 is 15.1 Å². The highest BCUT2D eigenvalue weighted by atomic mass is 19.4. The summed E-state index contributed by atoms with van der Waals surface area (Å²) >= 11 is 0. The lowest BCUT2D eigenvalue weighted by Gasteiger charge is -2.22. The van der Waals surface area contributed by atoms with Gasteiger partial charge >= 0.3 is 6.18 Å². The van der Waals surface area contributed by atoms with Gasteiger partial charge in [0.1, 0.15) is 11.6 Å². The van der Waals surface area contributed by atoms with E-state index < -0.39 is 29.1 Å². The Balaban J connectivity index is 1.74. The van der Waals surface area contributed by atoms with Crippen LogP contribution in [-0.2, 0) is 18.0 Å². The first kappa shape index (κ1) is 18.8. The van der Waals surface area contributed by atoms with Crippen LogP contribution in [0.1, 0.15) is 39.6 Å². The van der Waals surface area contributed by atoms with Gasteiger partial charge in [0.2, 0.25) is 5.91 Å². The summed E-state index contributed by atoms with van der Waals surface area (Å²) in [5, 5.41) is 9.33. The van der Waals surface area contributed by atoms with Gasteiger partial charge in [0.05, 0.1) is 28.9 Å². The first-order chi connectivity index (χ1) is 13.8. The maximum atomic E-state index is 13.3. The van der Waals surface area contributed by atoms with E-state index in [1.807, 2.05) is 0 Å². The van der Waals surface area contributed by atoms with Crippen molar-refractivity contribution in [3.05, 3.63) is 65.1 Å². The van der Waals surface area contributed by atoms with Crippen LogP contribution in [0.5, 0.6) is 0 Å². The van der Waals surface area contributed by atoms with Gasteiger partial charge in [0.25, 0.3) is 5.91 Å². The predicted octanol–water partition coefficient (Wildman–Crippen LogP) is 3.76. The second-order valence-corrected chi connectivity index (χ2v) is 6.55. The number of carbonyl (C=O) groups is 2. The smallest absolute Gasteiger partial charge is 0.417 e. The van der Waals surface area contributed by atoms with E-state index in [1.54, 1.807) is 19.2 Å². The minimum atomic E-state index is -4.68. The number of nitrogens with zero attached hydrogens (tertiary/aromatic N) is 2. The molecule has 3 heterocycles. The van der Waals surface area contributed by atoms with Crippen LogP contribution in [0, 0.1) is 0 Å². The summed E-state index contributed by atoms with van der Waals surface area (Å²) < 4.78 is 46.5. The molecule has 4 rings (SSSR count). The van der Waals surface area contributed by atoms with Crippen LogP contribution < -0.4 is 10.6 Å². The molecule has 0 saturated carbocycles. The van der Waals surface area contributed by atoms with Crippen LogP contribution in [0.3, 0.4) is 0 Å². The fourth-order valence-corrected chi connectivity index (χ4v) is 3.42. The van der Waals surface area contributed by atoms with Gasteiger partial charge in [-0.1, -0.05) is 12.1 Å². The summed E-state index contributed by atoms with van der Waals surface area (Å²) in [6, 6.07) is 7.85. The highest BCUT2D eigenvalue weighted by Crippen LogP contribution is 2.41. The zero-order valence-corrected chi connectivity index (χ0v) is 15.1. The van der Waals surface area contributed by atoms with Crippen molar-refractivity contribution in [3.63, 3.8) is 0 Å². The third-order valence-corrected chi connectivity index (χ3v) is 4.68. The number of aryl methyl sites for hydroxylation is 1. The van der Waals surface area contributed by atoms with Gasteiger partial charge in [-0.3, -0.25) is 14.3 Å². The Kier molecular flexibility index (Phi) is 4.40. The predicted molar refractivity (Wildman–Crippen MR) is 96.4 cm³/mol. The number of amides is 2. The molecule has 1 aliphatic rings. The number of hydrogen-bond donors (Lipinski definition) is 2. The van der Waals surface area contributed by atoms with Crippen molar-refractivity contribution in [3.8, 4) is 0 Å². The van der Waals surface area contributed by atoms with Crippen molar-refractivity contribution in [2.24, 2.45) is 7.05 Å². The van der Waals surface area contributed by atoms with E-state index in [4.69, 9.17) is 4.42 Å². The minimum Gasteiger partial charge on any atom is -0.469 e. The number of alkyl halides is 3. The third kappa shape index (κ3) is 3.37. The molecule has 2 aromatic heterocycles. The van der Waals surface area contributed by atoms with Crippen LogP contribution in [0.15, 0.2) is 47.1 Å². The van der Waals surface area contributed by atoms with Crippen LogP contribution in [0.25, 0.3) is 0 Å². The van der Waals surface area contributed by atoms with Gasteiger partial charge in [-0.05, 0) is 24.3 Å². The van der Waals surface area contributed by atoms with Crippen LogP contribution >= 0.6 is 0 Å². The molecule has 0 aliphatic carbocycles. The summed E-state index contributed by atoms with van der Waals surface area (Å²) in [7, 11) is 1.56. The monoisotopic (exact) mass is 404 g/mol. The second-order valence-electron chi connectivity index (χ2n) is 6.55. The molecule has 0 bridgehead atoms. The lowest BCUT2D eigenvalue weighted by atomic mass is 9.91. The molecule has 0 radical (unpaired) electrons. The standard InChI is InChI=1S/C19H15F3N4O3/c1-26-17-15(11(9-14(27)23-17)13-7-4-8-29-13)16(25-26)24-18(28)10-5-2-3-6-12(10)19(20,21)22/h2-8,11H,9H2,1H3,(H,23,27)(H,24,25,28)/t11-/m1/s1. The molecule has 3 aromatic rings. The van der Waals surface area contributed by atoms with E-state index in [9.17, 15) is 22.8 Å². The number of benzene rings is 1. The quantitative estimate of drug-likeness (QED) is 0.696. The third-order valence-electron chi connectivity index (χ3n) is 4.68. The Morgan fingerprint density at radius 3 is 2.72 bits per heavy atom. The number of halogens is 3. The zero-order valence-electron chi connectivity index (χ0n) is 15.1. The Bertz CT molecular complexity index is 1090. The average molecular weight is 404 g/mol. The number of anilines is 2. The van der Waals surface area contributed by atoms with Gasteiger partial charge in [-0.25, -0.2) is 0 Å². The SMILES string of the molecule is Cn1nc(NC(=O)c2ccccc2C(F)(F)F)c2c1NC(=O)C[C@@H]2c1ccco1. The Labute approximate surface area is 162 Å². The highest BCUT2D eigenvalue weighted by molar-refractivity contribution is 6.06. The maximum absolute atomic E-state index is 13.3. The minimum absolute atomic E-state index is 0.0498. The second kappa shape index (κ2) is 6.80. The molecule has 7 nitrogen and oxygen atoms in total. The number of rotatable bonds is 3. The van der Waals surface area contributed by atoms with Gasteiger partial charge in [-0.2, -0.15) is 18.3 Å². The Morgan fingerprint density at radius 2 is 2.03 bits per heavy atom. The van der Waals surface area contributed by atoms with Crippen molar-refractivity contribution in [1.82, 2.24) is 9.78 Å². The largest absolute Gasteiger partial charge is 0.469 e. The first-order valence-corrected chi connectivity index (χ1v) is 8.63. The summed E-state index contributed by atoms with van der Waals surface area (Å²) in [5.41, 5.74) is -1.09. The van der Waals surface area contributed by atoms with Gasteiger partial charge in [0.15, 0.2) is 5.82 Å². The molecule has 2 amide bonds. The maximum Gasteiger partial charge on any atom is 0.417 e. The summed E-state index contributed by atoms with van der Waals surface area (Å²) in [4.78, 5) is 24.7. The molecule has 0 fully saturated rings. The van der Waals surface area contributed by atoms with Crippen LogP contribution in [0.4, 0.5) is 24.8 Å². The van der Waals surface area contributed by atoms with Crippen LogP contribution in [-0.4, -0.2) is 21.6 Å². The van der Waals surface area contributed by atoms with E-state index in [-0.39, 0.29) is 18.1 Å². The van der Waals surface area contributed by atoms with E-state index in [2.05, 4.69) is 15.7 Å². The number of aromatic nitrogens is 2. The van der Waals surface area contributed by atoms with Gasteiger partial charge in [0, 0.05) is 13.5 Å². The summed E-state index contributed by atoms with van der Waals surface area (Å²) in [6.07, 6.45) is -3.17. The van der Waals surface area contributed by atoms with Crippen molar-refractivity contribution >= 4 is 23.5 Å². The number of hydrogen-bond acceptors (Lipinski definition) is 4. The lowest BCUT2D eigenvalue weighted by molar-refractivity contribution is -0.137. The normalized spacial score (nSPS) is 16.3. The van der Waals surface area contributed by atoms with E-state index >= 15 is 0 Å². The molecule has 1 aliphatic heterocycles. The molecular weight excluding hydrogens is 389 g/mol. The number of carbonyl (C=O) groups excluding carboxylic acids is 2. The number of fused-ring (bicyclic) bond motifs is 1. The lowest BCUT2D eigenvalue weighted by Crippen LogP contribution is -2.25. The highest BCUT2D eigenvalue weighted by Gasteiger charge is 2.37. The molecule has 10 heteroatoms. The fourth-order valence-electron chi connectivity index (χ4n) is 3.42. The Hall–Kier alpha value is -3.56. The number of nitrogens with one attached hydrogen (secondary N) is 2. The van der Waals surface area contributed by atoms with E-state index in [1.165, 1.54) is 23.1 Å². The van der Waals surface area contributed by atoms with Crippen LogP contribution in [0.2, 0.25) is 0 Å². The van der Waals surface area contributed by atoms with E-state index in [0.717, 1.165) is 12.1 Å². The molecular formula is C19H15F3N4O3. The molecule has 1 atom stereocenters. The first-order valence-electron chi connectivity index (χ1n) is 8.63. The molecule has 0 spiro atoms. The van der Waals surface area contributed by atoms with Gasteiger partial charge in [-0.15, -0.1) is 0 Å². The van der Waals surface area contributed by atoms with Crippen molar-refractivity contribution in [1.29, 1.82) is 0 Å². The summed E-state index contributed by atoms with van der Waals surface area (Å²) in [5.74, 6) is -0.847. The Morgan fingerprint density at radius 1 is 1.28 bits per heavy atom. The molecule has 1 aromatic carbocycles. The molecule has 0 unspecified atom stereocenters. The molecule has 0 saturated heterocycles. The average Bonchev–Trinajstić information content (AvgIpc) is 3.30. The van der Waals surface area contributed by atoms with Crippen molar-refractivity contribution < 1.29 is 27.2 Å². The van der Waals surface area contributed by atoms with Crippen molar-refractivity contribution in [2.45, 2.75) is 18.5 Å². The topological polar surface area (TPSA) is 89.2 Å². The molecule has 29 heavy (non-hydrogen) atoms. The molecule has 150 valence electrons. The zero-order chi connectivity index (χ0) is 20.8. The van der Waals surface area contributed by atoms with E-state index in [0.29, 0.717) is 17.1 Å². The summed E-state index contributed by atoms with van der Waals surface area (Å²) in [6.45, 7) is 0. The van der Waals surface area contributed by atoms with Crippen molar-refractivity contribution in [2.75, 3.05) is 10.6 Å².